The predicted octanol–water partition coefficient (Wildman–Crippen LogP) is 1.86. The highest BCUT2D eigenvalue weighted by atomic mass is 16.5. The van der Waals surface area contributed by atoms with E-state index in [-0.39, 0.29) is 5.97 Å². The van der Waals surface area contributed by atoms with Crippen molar-refractivity contribution < 1.29 is 9.53 Å². The second-order valence-electron chi connectivity index (χ2n) is 4.17. The van der Waals surface area contributed by atoms with Crippen molar-refractivity contribution in [2.75, 3.05) is 13.2 Å². The number of nitrogens with zero attached hydrogens (tertiary/aromatic N) is 2. The summed E-state index contributed by atoms with van der Waals surface area (Å²) in [5.74, 6) is -0.176. The number of ether oxygens (including phenoxy) is 1. The molecule has 0 spiro atoms. The zero-order chi connectivity index (χ0) is 12.7. The van der Waals surface area contributed by atoms with Crippen molar-refractivity contribution in [3.8, 4) is 0 Å². The van der Waals surface area contributed by atoms with Crippen molar-refractivity contribution in [3.63, 3.8) is 0 Å². The number of aromatic nitrogens is 1. The van der Waals surface area contributed by atoms with E-state index >= 15 is 0 Å². The van der Waals surface area contributed by atoms with Crippen LogP contribution in [0.15, 0.2) is 24.5 Å². The molecular weight excluding hydrogens is 216 g/mol. The molecule has 0 amide bonds. The number of carbonyl (C=O) groups is 1. The Morgan fingerprint density at radius 1 is 1.53 bits per heavy atom. The zero-order valence-electron chi connectivity index (χ0n) is 10.7. The van der Waals surface area contributed by atoms with E-state index in [1.54, 1.807) is 6.20 Å². The molecular formula is C13H20N2O2. The SMILES string of the molecule is CCOC(=O)CN(Cc1cccnc1)C(C)C. The summed E-state index contributed by atoms with van der Waals surface area (Å²) in [6, 6.07) is 4.20. The Kier molecular flexibility index (Phi) is 5.63. The Hall–Kier alpha value is -1.42. The van der Waals surface area contributed by atoms with Crippen LogP contribution >= 0.6 is 0 Å². The number of hydrogen-bond donors (Lipinski definition) is 0. The summed E-state index contributed by atoms with van der Waals surface area (Å²) in [6.07, 6.45) is 3.56. The Labute approximate surface area is 103 Å². The van der Waals surface area contributed by atoms with Gasteiger partial charge in [-0.15, -0.1) is 0 Å². The summed E-state index contributed by atoms with van der Waals surface area (Å²) in [7, 11) is 0. The van der Waals surface area contributed by atoms with Crippen LogP contribution in [-0.4, -0.2) is 35.0 Å². The summed E-state index contributed by atoms with van der Waals surface area (Å²) >= 11 is 0. The normalized spacial score (nSPS) is 10.9. The standard InChI is InChI=1S/C13H20N2O2/c1-4-17-13(16)10-15(11(2)3)9-12-6-5-7-14-8-12/h5-8,11H,4,9-10H2,1-3H3. The second kappa shape index (κ2) is 7.01. The first-order valence-corrected chi connectivity index (χ1v) is 5.92. The molecule has 1 rings (SSSR count). The molecule has 0 radical (unpaired) electrons. The van der Waals surface area contributed by atoms with Gasteiger partial charge in [0, 0.05) is 25.0 Å². The average Bonchev–Trinajstić information content (AvgIpc) is 2.29. The number of esters is 1. The van der Waals surface area contributed by atoms with Crippen LogP contribution < -0.4 is 0 Å². The van der Waals surface area contributed by atoms with Crippen LogP contribution in [0.2, 0.25) is 0 Å². The molecule has 4 nitrogen and oxygen atoms in total. The van der Waals surface area contributed by atoms with Gasteiger partial charge in [-0.1, -0.05) is 6.07 Å². The molecule has 0 saturated heterocycles. The monoisotopic (exact) mass is 236 g/mol. The Morgan fingerprint density at radius 2 is 2.29 bits per heavy atom. The highest BCUT2D eigenvalue weighted by molar-refractivity contribution is 5.71. The largest absolute Gasteiger partial charge is 0.465 e. The number of hydrogen-bond acceptors (Lipinski definition) is 4. The third kappa shape index (κ3) is 4.95. The summed E-state index contributed by atoms with van der Waals surface area (Å²) in [6.45, 7) is 7.41. The van der Waals surface area contributed by atoms with Crippen LogP contribution in [0.25, 0.3) is 0 Å². The van der Waals surface area contributed by atoms with Crippen LogP contribution in [0.1, 0.15) is 26.3 Å². The highest BCUT2D eigenvalue weighted by Gasteiger charge is 2.15. The Morgan fingerprint density at radius 3 is 2.82 bits per heavy atom. The van der Waals surface area contributed by atoms with Gasteiger partial charge in [0.1, 0.15) is 0 Å². The van der Waals surface area contributed by atoms with Gasteiger partial charge in [-0.25, -0.2) is 0 Å². The van der Waals surface area contributed by atoms with Crippen molar-refractivity contribution in [1.29, 1.82) is 0 Å². The molecule has 0 aliphatic heterocycles. The maximum Gasteiger partial charge on any atom is 0.320 e. The highest BCUT2D eigenvalue weighted by Crippen LogP contribution is 2.07. The summed E-state index contributed by atoms with van der Waals surface area (Å²) in [5, 5.41) is 0. The Balaban J connectivity index is 2.58. The molecule has 0 bridgehead atoms. The number of rotatable bonds is 6. The van der Waals surface area contributed by atoms with Crippen molar-refractivity contribution >= 4 is 5.97 Å². The minimum absolute atomic E-state index is 0.176. The first-order chi connectivity index (χ1) is 8.13. The molecule has 1 heterocycles. The minimum Gasteiger partial charge on any atom is -0.465 e. The van der Waals surface area contributed by atoms with E-state index in [4.69, 9.17) is 4.74 Å². The van der Waals surface area contributed by atoms with Gasteiger partial charge in [0.15, 0.2) is 0 Å². The molecule has 0 unspecified atom stereocenters. The molecule has 0 aliphatic rings. The van der Waals surface area contributed by atoms with Crippen LogP contribution in [0.3, 0.4) is 0 Å². The van der Waals surface area contributed by atoms with Gasteiger partial charge in [-0.2, -0.15) is 0 Å². The Bertz CT molecular complexity index is 339. The van der Waals surface area contributed by atoms with Gasteiger partial charge < -0.3 is 4.74 Å². The van der Waals surface area contributed by atoms with Gasteiger partial charge in [0.25, 0.3) is 0 Å². The molecule has 0 fully saturated rings. The molecule has 4 heteroatoms. The number of carbonyl (C=O) groups excluding carboxylic acids is 1. The third-order valence-corrected chi connectivity index (χ3v) is 2.48. The van der Waals surface area contributed by atoms with Gasteiger partial charge in [-0.3, -0.25) is 14.7 Å². The van der Waals surface area contributed by atoms with E-state index in [0.717, 1.165) is 5.56 Å². The lowest BCUT2D eigenvalue weighted by molar-refractivity contribution is -0.145. The van der Waals surface area contributed by atoms with Gasteiger partial charge in [-0.05, 0) is 32.4 Å². The molecule has 0 saturated carbocycles. The molecule has 94 valence electrons. The van der Waals surface area contributed by atoms with E-state index in [2.05, 4.69) is 23.7 Å². The van der Waals surface area contributed by atoms with E-state index in [0.29, 0.717) is 25.7 Å². The quantitative estimate of drug-likeness (QED) is 0.707. The molecule has 0 aliphatic carbocycles. The van der Waals surface area contributed by atoms with Crippen molar-refractivity contribution in [1.82, 2.24) is 9.88 Å². The van der Waals surface area contributed by atoms with Crippen molar-refractivity contribution in [2.45, 2.75) is 33.4 Å². The molecule has 0 aromatic carbocycles. The first kappa shape index (κ1) is 13.6. The zero-order valence-corrected chi connectivity index (χ0v) is 10.7. The number of pyridine rings is 1. The summed E-state index contributed by atoms with van der Waals surface area (Å²) in [4.78, 5) is 17.6. The fraction of sp³-hybridized carbons (Fsp3) is 0.538. The van der Waals surface area contributed by atoms with Gasteiger partial charge >= 0.3 is 5.97 Å². The van der Waals surface area contributed by atoms with Crippen LogP contribution in [0.4, 0.5) is 0 Å². The maximum absolute atomic E-state index is 11.5. The average molecular weight is 236 g/mol. The van der Waals surface area contributed by atoms with E-state index in [1.165, 1.54) is 0 Å². The molecule has 1 aromatic rings. The van der Waals surface area contributed by atoms with Crippen molar-refractivity contribution in [3.05, 3.63) is 30.1 Å². The van der Waals surface area contributed by atoms with Gasteiger partial charge in [0.2, 0.25) is 0 Å². The topological polar surface area (TPSA) is 42.4 Å². The lowest BCUT2D eigenvalue weighted by atomic mass is 10.2. The smallest absolute Gasteiger partial charge is 0.320 e. The van der Waals surface area contributed by atoms with E-state index in [1.807, 2.05) is 25.3 Å². The fourth-order valence-corrected chi connectivity index (χ4v) is 1.52. The van der Waals surface area contributed by atoms with Crippen LogP contribution in [0, 0.1) is 0 Å². The lowest BCUT2D eigenvalue weighted by Crippen LogP contribution is -2.36. The van der Waals surface area contributed by atoms with Gasteiger partial charge in [0.05, 0.1) is 13.2 Å². The lowest BCUT2D eigenvalue weighted by Gasteiger charge is -2.25. The fourth-order valence-electron chi connectivity index (χ4n) is 1.52. The molecule has 17 heavy (non-hydrogen) atoms. The van der Waals surface area contributed by atoms with Crippen molar-refractivity contribution in [2.24, 2.45) is 0 Å². The van der Waals surface area contributed by atoms with E-state index < -0.39 is 0 Å². The molecule has 0 N–H and O–H groups in total. The molecule has 1 aromatic heterocycles. The third-order valence-electron chi connectivity index (χ3n) is 2.48. The summed E-state index contributed by atoms with van der Waals surface area (Å²) < 4.78 is 4.96. The van der Waals surface area contributed by atoms with E-state index in [9.17, 15) is 4.79 Å². The van der Waals surface area contributed by atoms with Crippen LogP contribution in [-0.2, 0) is 16.1 Å². The summed E-state index contributed by atoms with van der Waals surface area (Å²) in [5.41, 5.74) is 1.10. The minimum atomic E-state index is -0.176. The molecule has 0 atom stereocenters. The predicted molar refractivity (Wildman–Crippen MR) is 66.4 cm³/mol. The second-order valence-corrected chi connectivity index (χ2v) is 4.17. The maximum atomic E-state index is 11.5. The first-order valence-electron chi connectivity index (χ1n) is 5.92. The van der Waals surface area contributed by atoms with Crippen LogP contribution in [0.5, 0.6) is 0 Å².